The summed E-state index contributed by atoms with van der Waals surface area (Å²) in [6, 6.07) is -1.69. The van der Waals surface area contributed by atoms with Gasteiger partial charge in [-0.2, -0.15) is 0 Å². The summed E-state index contributed by atoms with van der Waals surface area (Å²) in [6.07, 6.45) is 1.52. The fourth-order valence-electron chi connectivity index (χ4n) is 3.69. The number of nitrogens with zero attached hydrogens (tertiary/aromatic N) is 1. The van der Waals surface area contributed by atoms with E-state index in [0.717, 1.165) is 12.8 Å². The molecule has 0 bridgehead atoms. The highest BCUT2D eigenvalue weighted by Gasteiger charge is 2.36. The summed E-state index contributed by atoms with van der Waals surface area (Å²) < 4.78 is 37.6. The molecule has 3 amide bonds. The van der Waals surface area contributed by atoms with Crippen LogP contribution in [0.15, 0.2) is 0 Å². The zero-order valence-corrected chi connectivity index (χ0v) is 16.1. The number of carbonyl (C=O) groups is 2. The summed E-state index contributed by atoms with van der Waals surface area (Å²) in [7, 11) is 1.65. The van der Waals surface area contributed by atoms with E-state index in [4.69, 9.17) is 15.2 Å². The largest absolute Gasteiger partial charge is 0.381 e. The second-order valence-electron chi connectivity index (χ2n) is 7.58. The summed E-state index contributed by atoms with van der Waals surface area (Å²) in [5.74, 6) is -2.79. The molecular weight excluding hydrogens is 360 g/mol. The van der Waals surface area contributed by atoms with Crippen molar-refractivity contribution in [3.63, 3.8) is 0 Å². The van der Waals surface area contributed by atoms with Crippen LogP contribution >= 0.6 is 0 Å². The molecule has 1 aliphatic heterocycles. The fourth-order valence-corrected chi connectivity index (χ4v) is 3.69. The van der Waals surface area contributed by atoms with Crippen molar-refractivity contribution in [2.45, 2.75) is 69.6 Å². The zero-order valence-electron chi connectivity index (χ0n) is 16.1. The molecule has 7 nitrogen and oxygen atoms in total. The predicted octanol–water partition coefficient (Wildman–Crippen LogP) is 1.89. The number of hydrogen-bond donors (Lipinski definition) is 2. The first-order valence-corrected chi connectivity index (χ1v) is 9.59. The van der Waals surface area contributed by atoms with Crippen molar-refractivity contribution >= 4 is 11.9 Å². The van der Waals surface area contributed by atoms with E-state index >= 15 is 0 Å². The van der Waals surface area contributed by atoms with Crippen LogP contribution in [0.3, 0.4) is 0 Å². The van der Waals surface area contributed by atoms with Crippen LogP contribution in [0.4, 0.5) is 13.6 Å². The van der Waals surface area contributed by atoms with Crippen molar-refractivity contribution in [3.05, 3.63) is 0 Å². The zero-order chi connectivity index (χ0) is 20.0. The monoisotopic (exact) mass is 391 g/mol. The quantitative estimate of drug-likeness (QED) is 0.693. The highest BCUT2D eigenvalue weighted by Crippen LogP contribution is 2.36. The Morgan fingerprint density at radius 1 is 1.22 bits per heavy atom. The molecule has 1 saturated carbocycles. The number of alkyl halides is 2. The van der Waals surface area contributed by atoms with Gasteiger partial charge in [-0.3, -0.25) is 4.79 Å². The van der Waals surface area contributed by atoms with Crippen molar-refractivity contribution in [3.8, 4) is 0 Å². The maximum atomic E-state index is 13.3. The molecule has 156 valence electrons. The minimum Gasteiger partial charge on any atom is -0.381 e. The van der Waals surface area contributed by atoms with E-state index in [0.29, 0.717) is 25.9 Å². The second-order valence-corrected chi connectivity index (χ2v) is 7.58. The first-order valence-electron chi connectivity index (χ1n) is 9.59. The van der Waals surface area contributed by atoms with E-state index in [-0.39, 0.29) is 37.4 Å². The number of urea groups is 1. The van der Waals surface area contributed by atoms with Gasteiger partial charge in [0.1, 0.15) is 6.04 Å². The molecule has 1 aliphatic carbocycles. The van der Waals surface area contributed by atoms with Crippen molar-refractivity contribution < 1.29 is 27.8 Å². The first kappa shape index (κ1) is 21.8. The first-order chi connectivity index (χ1) is 12.7. The summed E-state index contributed by atoms with van der Waals surface area (Å²) in [4.78, 5) is 25.9. The Bertz CT molecular complexity index is 503. The molecule has 2 fully saturated rings. The summed E-state index contributed by atoms with van der Waals surface area (Å²) in [5.41, 5.74) is 5.23. The summed E-state index contributed by atoms with van der Waals surface area (Å²) in [6.45, 7) is 3.06. The Balaban J connectivity index is 1.88. The minimum atomic E-state index is -2.58. The number of piperidine rings is 1. The van der Waals surface area contributed by atoms with Gasteiger partial charge in [-0.25, -0.2) is 13.6 Å². The van der Waals surface area contributed by atoms with Gasteiger partial charge in [0.2, 0.25) is 11.8 Å². The number of halogens is 2. The van der Waals surface area contributed by atoms with Gasteiger partial charge < -0.3 is 25.4 Å². The van der Waals surface area contributed by atoms with Gasteiger partial charge >= 0.3 is 6.03 Å². The molecule has 3 N–H and O–H groups in total. The maximum absolute atomic E-state index is 13.3. The lowest BCUT2D eigenvalue weighted by Crippen LogP contribution is -2.57. The van der Waals surface area contributed by atoms with Gasteiger partial charge in [-0.05, 0) is 38.5 Å². The highest BCUT2D eigenvalue weighted by atomic mass is 19.3. The molecule has 2 atom stereocenters. The normalized spacial score (nSPS) is 23.6. The van der Waals surface area contributed by atoms with E-state index < -0.39 is 24.1 Å². The van der Waals surface area contributed by atoms with E-state index in [1.165, 1.54) is 0 Å². The van der Waals surface area contributed by atoms with Crippen molar-refractivity contribution in [2.75, 3.05) is 26.8 Å². The number of nitrogens with two attached hydrogens (primary N) is 1. The molecule has 27 heavy (non-hydrogen) atoms. The summed E-state index contributed by atoms with van der Waals surface area (Å²) >= 11 is 0. The molecule has 2 aliphatic rings. The van der Waals surface area contributed by atoms with Gasteiger partial charge in [-0.15, -0.1) is 0 Å². The van der Waals surface area contributed by atoms with E-state index in [9.17, 15) is 18.4 Å². The average molecular weight is 391 g/mol. The van der Waals surface area contributed by atoms with Gasteiger partial charge in [0.25, 0.3) is 0 Å². The van der Waals surface area contributed by atoms with Crippen molar-refractivity contribution in [1.82, 2.24) is 10.2 Å². The van der Waals surface area contributed by atoms with Gasteiger partial charge in [0.15, 0.2) is 0 Å². The molecule has 9 heteroatoms. The second kappa shape index (κ2) is 9.64. The van der Waals surface area contributed by atoms with E-state index in [1.54, 1.807) is 18.9 Å². The van der Waals surface area contributed by atoms with Gasteiger partial charge in [0, 0.05) is 39.6 Å². The minimum absolute atomic E-state index is 0.0360. The molecule has 0 radical (unpaired) electrons. The van der Waals surface area contributed by atoms with Crippen LogP contribution in [0, 0.1) is 5.92 Å². The topological polar surface area (TPSA) is 93.9 Å². The van der Waals surface area contributed by atoms with Crippen LogP contribution in [-0.2, 0) is 14.3 Å². The Hall–Kier alpha value is -1.48. The molecule has 2 unspecified atom stereocenters. The predicted molar refractivity (Wildman–Crippen MR) is 95.4 cm³/mol. The number of primary amides is 1. The Morgan fingerprint density at radius 2 is 1.81 bits per heavy atom. The number of rotatable bonds is 7. The van der Waals surface area contributed by atoms with Crippen molar-refractivity contribution in [1.29, 1.82) is 0 Å². The molecule has 1 heterocycles. The standard InChI is InChI=1S/C18H31F2N3O4/c1-12(27-11-13-3-7-18(19,20)8-4-13)15(22-17(21)25)16(24)23-9-5-14(26-2)6-10-23/h12-15H,3-11H2,1-2H3,(H3,21,22,25). The molecular formula is C18H31F2N3O4. The number of likely N-dealkylation sites (tertiary alicyclic amines) is 1. The smallest absolute Gasteiger partial charge is 0.312 e. The number of nitrogens with one attached hydrogen (secondary N) is 1. The van der Waals surface area contributed by atoms with Crippen LogP contribution in [0.25, 0.3) is 0 Å². The number of ether oxygens (including phenoxy) is 2. The Labute approximate surface area is 158 Å². The molecule has 0 aromatic carbocycles. The molecule has 0 aromatic rings. The van der Waals surface area contributed by atoms with Crippen LogP contribution < -0.4 is 11.1 Å². The van der Waals surface area contributed by atoms with Gasteiger partial charge in [-0.1, -0.05) is 0 Å². The van der Waals surface area contributed by atoms with Crippen LogP contribution in [0.2, 0.25) is 0 Å². The van der Waals surface area contributed by atoms with Crippen LogP contribution in [0.5, 0.6) is 0 Å². The third-order valence-corrected chi connectivity index (χ3v) is 5.55. The Morgan fingerprint density at radius 3 is 2.33 bits per heavy atom. The molecule has 1 saturated heterocycles. The number of amides is 3. The van der Waals surface area contributed by atoms with E-state index in [1.807, 2.05) is 0 Å². The fraction of sp³-hybridized carbons (Fsp3) is 0.889. The number of carbonyl (C=O) groups excluding carboxylic acids is 2. The molecule has 2 rings (SSSR count). The lowest BCUT2D eigenvalue weighted by atomic mass is 9.87. The molecule has 0 aromatic heterocycles. The van der Waals surface area contributed by atoms with Crippen molar-refractivity contribution in [2.24, 2.45) is 11.7 Å². The van der Waals surface area contributed by atoms with Crippen LogP contribution in [0.1, 0.15) is 45.4 Å². The lowest BCUT2D eigenvalue weighted by molar-refractivity contribution is -0.139. The summed E-state index contributed by atoms with van der Waals surface area (Å²) in [5, 5.41) is 2.47. The lowest BCUT2D eigenvalue weighted by Gasteiger charge is -2.35. The molecule has 0 spiro atoms. The number of hydrogen-bond acceptors (Lipinski definition) is 4. The average Bonchev–Trinajstić information content (AvgIpc) is 2.64. The third kappa shape index (κ3) is 6.57. The van der Waals surface area contributed by atoms with Gasteiger partial charge in [0.05, 0.1) is 12.2 Å². The third-order valence-electron chi connectivity index (χ3n) is 5.55. The Kier molecular flexibility index (Phi) is 7.79. The SMILES string of the molecule is COC1CCN(C(=O)C(NC(N)=O)C(C)OCC2CCC(F)(F)CC2)CC1. The van der Waals surface area contributed by atoms with E-state index in [2.05, 4.69) is 5.32 Å². The van der Waals surface area contributed by atoms with Crippen LogP contribution in [-0.4, -0.2) is 67.8 Å². The highest BCUT2D eigenvalue weighted by molar-refractivity contribution is 5.87. The number of methoxy groups -OCH3 is 1. The maximum Gasteiger partial charge on any atom is 0.312 e.